The van der Waals surface area contributed by atoms with Crippen LogP contribution in [-0.2, 0) is 6.54 Å². The van der Waals surface area contributed by atoms with Gasteiger partial charge in [-0.05, 0) is 61.5 Å². The normalized spacial score (nSPS) is 10.9. The average Bonchev–Trinajstić information content (AvgIpc) is 3.25. The molecule has 0 aliphatic carbocycles. The molecule has 0 atom stereocenters. The van der Waals surface area contributed by atoms with Crippen LogP contribution >= 0.6 is 0 Å². The number of fused-ring (bicyclic) bond motifs is 1. The minimum atomic E-state index is -0.979. The van der Waals surface area contributed by atoms with Gasteiger partial charge in [-0.3, -0.25) is 4.98 Å². The van der Waals surface area contributed by atoms with Gasteiger partial charge in [0.25, 0.3) is 0 Å². The first-order valence-corrected chi connectivity index (χ1v) is 11.4. The highest BCUT2D eigenvalue weighted by Gasteiger charge is 2.18. The summed E-state index contributed by atoms with van der Waals surface area (Å²) in [4.78, 5) is 16.6. The van der Waals surface area contributed by atoms with Crippen molar-refractivity contribution in [3.05, 3.63) is 108 Å². The Labute approximate surface area is 203 Å². The quantitative estimate of drug-likeness (QED) is 0.273. The Morgan fingerprint density at radius 1 is 0.943 bits per heavy atom. The smallest absolute Gasteiger partial charge is 0.352 e. The van der Waals surface area contributed by atoms with Crippen LogP contribution in [0.15, 0.2) is 97.2 Å². The van der Waals surface area contributed by atoms with Gasteiger partial charge in [0.05, 0.1) is 17.8 Å². The summed E-state index contributed by atoms with van der Waals surface area (Å²) >= 11 is 0. The number of aromatic carboxylic acids is 1. The number of hydrogen-bond acceptors (Lipinski definition) is 4. The van der Waals surface area contributed by atoms with Gasteiger partial charge < -0.3 is 19.7 Å². The second kappa shape index (κ2) is 9.73. The Balaban J connectivity index is 1.34. The van der Waals surface area contributed by atoms with E-state index in [-0.39, 0.29) is 5.69 Å². The number of aromatic nitrogens is 2. The highest BCUT2D eigenvalue weighted by molar-refractivity contribution is 6.00. The minimum Gasteiger partial charge on any atom is -0.492 e. The van der Waals surface area contributed by atoms with Crippen LogP contribution in [0.1, 0.15) is 16.1 Å². The molecule has 0 radical (unpaired) electrons. The van der Waals surface area contributed by atoms with Crippen LogP contribution in [0.25, 0.3) is 22.2 Å². The van der Waals surface area contributed by atoms with Crippen LogP contribution in [0.5, 0.6) is 5.75 Å². The second-order valence-corrected chi connectivity index (χ2v) is 8.31. The number of anilines is 2. The fraction of sp³-hybridized carbons (Fsp3) is 0.103. The average molecular weight is 464 g/mol. The molecule has 5 rings (SSSR count). The van der Waals surface area contributed by atoms with E-state index in [1.807, 2.05) is 85.8 Å². The van der Waals surface area contributed by atoms with Gasteiger partial charge in [-0.15, -0.1) is 0 Å². The SMILES string of the molecule is Cc1cccc(-c2nccc3c2cc(C(=O)O)n3CCOc2ccc(Nc3ccccc3)cc2)c1. The first kappa shape index (κ1) is 22.2. The number of nitrogens with one attached hydrogen (secondary N) is 1. The molecule has 0 bridgehead atoms. The predicted octanol–water partition coefficient (Wildman–Crippen LogP) is 6.53. The molecule has 0 amide bonds. The zero-order chi connectivity index (χ0) is 24.2. The molecule has 0 aliphatic heterocycles. The molecule has 0 unspecified atom stereocenters. The number of aryl methyl sites for hydroxylation is 1. The van der Waals surface area contributed by atoms with Crippen molar-refractivity contribution in [2.75, 3.05) is 11.9 Å². The van der Waals surface area contributed by atoms with Gasteiger partial charge in [0.15, 0.2) is 0 Å². The molecule has 0 saturated heterocycles. The summed E-state index contributed by atoms with van der Waals surface area (Å²) in [5, 5.41) is 14.0. The Hall–Kier alpha value is -4.58. The van der Waals surface area contributed by atoms with E-state index < -0.39 is 5.97 Å². The van der Waals surface area contributed by atoms with E-state index in [1.54, 1.807) is 16.8 Å². The highest BCUT2D eigenvalue weighted by Crippen LogP contribution is 2.30. The molecular formula is C29H25N3O3. The van der Waals surface area contributed by atoms with Crippen molar-refractivity contribution < 1.29 is 14.6 Å². The summed E-state index contributed by atoms with van der Waals surface area (Å²) in [6, 6.07) is 29.3. The standard InChI is InChI=1S/C29H25N3O3/c1-20-6-5-7-21(18-20)28-25-19-27(29(33)34)32(26(25)14-15-30-28)16-17-35-24-12-10-23(11-13-24)31-22-8-3-2-4-9-22/h2-15,18-19,31H,16-17H2,1H3,(H,33,34). The van der Waals surface area contributed by atoms with Crippen molar-refractivity contribution in [3.8, 4) is 17.0 Å². The third-order valence-electron chi connectivity index (χ3n) is 5.84. The molecule has 0 aliphatic rings. The zero-order valence-electron chi connectivity index (χ0n) is 19.3. The highest BCUT2D eigenvalue weighted by atomic mass is 16.5. The fourth-order valence-electron chi connectivity index (χ4n) is 4.20. The zero-order valence-corrected chi connectivity index (χ0v) is 19.3. The molecule has 3 aromatic carbocycles. The molecule has 0 fully saturated rings. The van der Waals surface area contributed by atoms with E-state index in [1.165, 1.54) is 0 Å². The van der Waals surface area contributed by atoms with Crippen molar-refractivity contribution in [1.29, 1.82) is 0 Å². The second-order valence-electron chi connectivity index (χ2n) is 8.31. The molecule has 0 spiro atoms. The Kier molecular flexibility index (Phi) is 6.18. The predicted molar refractivity (Wildman–Crippen MR) is 139 cm³/mol. The number of carboxylic acids is 1. The van der Waals surface area contributed by atoms with Gasteiger partial charge in [-0.2, -0.15) is 0 Å². The number of para-hydroxylation sites is 1. The van der Waals surface area contributed by atoms with Crippen molar-refractivity contribution in [3.63, 3.8) is 0 Å². The summed E-state index contributed by atoms with van der Waals surface area (Å²) in [6.07, 6.45) is 1.72. The Morgan fingerprint density at radius 3 is 2.46 bits per heavy atom. The Morgan fingerprint density at radius 2 is 1.71 bits per heavy atom. The molecule has 2 N–H and O–H groups in total. The maximum Gasteiger partial charge on any atom is 0.352 e. The molecule has 6 nitrogen and oxygen atoms in total. The molecular weight excluding hydrogens is 438 g/mol. The lowest BCUT2D eigenvalue weighted by atomic mass is 10.1. The molecule has 0 saturated carbocycles. The van der Waals surface area contributed by atoms with E-state index in [9.17, 15) is 9.90 Å². The van der Waals surface area contributed by atoms with Gasteiger partial charge >= 0.3 is 5.97 Å². The van der Waals surface area contributed by atoms with Gasteiger partial charge in [-0.25, -0.2) is 4.79 Å². The monoisotopic (exact) mass is 463 g/mol. The molecule has 6 heteroatoms. The molecule has 35 heavy (non-hydrogen) atoms. The lowest BCUT2D eigenvalue weighted by molar-refractivity contribution is 0.0684. The van der Waals surface area contributed by atoms with Crippen LogP contribution in [0, 0.1) is 6.92 Å². The van der Waals surface area contributed by atoms with Gasteiger partial charge in [-0.1, -0.05) is 42.0 Å². The summed E-state index contributed by atoms with van der Waals surface area (Å²) in [6.45, 7) is 2.75. The van der Waals surface area contributed by atoms with Crippen LogP contribution in [0.4, 0.5) is 11.4 Å². The molecule has 2 aromatic heterocycles. The fourth-order valence-corrected chi connectivity index (χ4v) is 4.20. The molecule has 2 heterocycles. The maximum atomic E-state index is 12.0. The first-order valence-electron chi connectivity index (χ1n) is 11.4. The van der Waals surface area contributed by atoms with E-state index in [2.05, 4.69) is 16.4 Å². The topological polar surface area (TPSA) is 76.4 Å². The maximum absolute atomic E-state index is 12.0. The van der Waals surface area contributed by atoms with Crippen molar-refractivity contribution in [2.24, 2.45) is 0 Å². The minimum absolute atomic E-state index is 0.216. The van der Waals surface area contributed by atoms with Gasteiger partial charge in [0.1, 0.15) is 18.1 Å². The number of pyridine rings is 1. The lowest BCUT2D eigenvalue weighted by Gasteiger charge is -2.12. The van der Waals surface area contributed by atoms with Crippen molar-refractivity contribution in [1.82, 2.24) is 9.55 Å². The number of hydrogen-bond donors (Lipinski definition) is 2. The lowest BCUT2D eigenvalue weighted by Crippen LogP contribution is -2.13. The van der Waals surface area contributed by atoms with Crippen LogP contribution < -0.4 is 10.1 Å². The van der Waals surface area contributed by atoms with Crippen LogP contribution in [0.3, 0.4) is 0 Å². The van der Waals surface area contributed by atoms with E-state index >= 15 is 0 Å². The Bertz CT molecular complexity index is 1470. The number of benzene rings is 3. The summed E-state index contributed by atoms with van der Waals surface area (Å²) in [5.41, 5.74) is 5.87. The summed E-state index contributed by atoms with van der Waals surface area (Å²) < 4.78 is 7.72. The van der Waals surface area contributed by atoms with Gasteiger partial charge in [0.2, 0.25) is 0 Å². The van der Waals surface area contributed by atoms with E-state index in [0.29, 0.717) is 13.2 Å². The van der Waals surface area contributed by atoms with Crippen molar-refractivity contribution >= 4 is 28.2 Å². The van der Waals surface area contributed by atoms with Crippen molar-refractivity contribution in [2.45, 2.75) is 13.5 Å². The summed E-state index contributed by atoms with van der Waals surface area (Å²) in [7, 11) is 0. The number of carboxylic acid groups (broad SMARTS) is 1. The summed E-state index contributed by atoms with van der Waals surface area (Å²) in [5.74, 6) is -0.258. The third-order valence-corrected chi connectivity index (χ3v) is 5.84. The number of carbonyl (C=O) groups is 1. The van der Waals surface area contributed by atoms with E-state index in [0.717, 1.165) is 44.8 Å². The van der Waals surface area contributed by atoms with Crippen LogP contribution in [-0.4, -0.2) is 27.2 Å². The first-order chi connectivity index (χ1) is 17.1. The van der Waals surface area contributed by atoms with Crippen LogP contribution in [0.2, 0.25) is 0 Å². The molecule has 5 aromatic rings. The molecule has 174 valence electrons. The van der Waals surface area contributed by atoms with E-state index in [4.69, 9.17) is 4.74 Å². The van der Waals surface area contributed by atoms with Gasteiger partial charge in [0, 0.05) is 28.5 Å². The number of ether oxygens (including phenoxy) is 1. The largest absolute Gasteiger partial charge is 0.492 e. The number of rotatable bonds is 8. The third kappa shape index (κ3) is 4.87. The number of nitrogens with zero attached hydrogens (tertiary/aromatic N) is 2.